The Morgan fingerprint density at radius 3 is 1.53 bits per heavy atom. The Hall–Kier alpha value is -8.82. The Morgan fingerprint density at radius 1 is 0.612 bits per heavy atom. The Bertz CT molecular complexity index is 3630. The average Bonchev–Trinajstić information content (AvgIpc) is 4.31. The number of halogens is 2. The fourth-order valence-electron chi connectivity index (χ4n) is 10.3. The SMILES string of the molecule is CC(=O)C[C@H]1C[C@@H](CCn2c(C(C)C)nc(-c3ccc(F)cc3)c2-c2ccnc(Nc3ccccc3)n2)OB(c2ccccc2)O1.CC(C)c1nc(-c2ccc(F)cc2)c(-c2ccnc(Nc3ccccc3)n2)n1CC[C@@H](O)C[C@@H](O)CC(=O)O. The molecule has 5 aromatic carbocycles. The number of carbonyl (C=O) groups excluding carboxylic acids is 1. The lowest BCUT2D eigenvalue weighted by Crippen LogP contribution is -2.49. The Kier molecular flexibility index (Phi) is 20.5. The number of nitrogens with one attached hydrogen (secondary N) is 2. The van der Waals surface area contributed by atoms with Crippen LogP contribution in [0.25, 0.3) is 45.3 Å². The van der Waals surface area contributed by atoms with Gasteiger partial charge in [-0.1, -0.05) is 94.4 Å². The molecule has 0 spiro atoms. The van der Waals surface area contributed by atoms with Crippen LogP contribution in [0.4, 0.5) is 32.1 Å². The van der Waals surface area contributed by atoms with Crippen LogP contribution in [-0.4, -0.2) is 97.6 Å². The molecule has 1 aliphatic heterocycles. The van der Waals surface area contributed by atoms with E-state index in [1.165, 1.54) is 24.3 Å². The lowest BCUT2D eigenvalue weighted by molar-refractivity contribution is -0.139. The van der Waals surface area contributed by atoms with E-state index < -0.39 is 31.7 Å². The topological polar surface area (TPSA) is 225 Å². The third-order valence-corrected chi connectivity index (χ3v) is 14.2. The second-order valence-corrected chi connectivity index (χ2v) is 21.6. The number of carbonyl (C=O) groups is 2. The minimum absolute atomic E-state index is 0.0106. The highest BCUT2D eigenvalue weighted by Gasteiger charge is 2.36. The molecule has 9 aromatic rings. The van der Waals surface area contributed by atoms with Crippen LogP contribution in [0.5, 0.6) is 0 Å². The standard InChI is InChI=1S/C36H37BFN5O3.C29H32FN5O4/c1-24(2)35-42-33(26-14-16-28(38)17-15-26)34(32-18-20-39-36(41-32)40-29-12-8-5-9-13-29)43(35)21-19-30-23-31(22-25(3)44)46-37(45-30)27-10-6-4-7-11-27;1-18(2)28-34-26(19-8-10-20(30)11-9-19)27(35(28)15-13-22(36)16-23(37)17-25(38)39)24-12-14-31-29(33-24)32-21-6-4-3-5-7-21/h4-18,20,24,30-31H,19,21-23H2,1-3H3,(H,39,40,41);3-12,14,18,22-23,36-37H,13,15-17H2,1-2H3,(H,38,39)(H,31,32,33)/t30-,31+;22-,23-/m11/s1. The summed E-state index contributed by atoms with van der Waals surface area (Å²) in [6, 6.07) is 45.2. The van der Waals surface area contributed by atoms with Crippen LogP contribution in [0.15, 0.2) is 164 Å². The molecule has 20 heteroatoms. The van der Waals surface area contributed by atoms with Crippen LogP contribution >= 0.6 is 0 Å². The van der Waals surface area contributed by atoms with Gasteiger partial charge >= 0.3 is 13.1 Å². The van der Waals surface area contributed by atoms with Crippen LogP contribution in [0.3, 0.4) is 0 Å². The number of carboxylic acid groups (broad SMARTS) is 1. The molecule has 4 atom stereocenters. The lowest BCUT2D eigenvalue weighted by Gasteiger charge is -2.34. The van der Waals surface area contributed by atoms with Crippen molar-refractivity contribution in [1.82, 2.24) is 39.0 Å². The summed E-state index contributed by atoms with van der Waals surface area (Å²) in [4.78, 5) is 51.6. The molecule has 0 amide bonds. The molecule has 5 N–H and O–H groups in total. The highest BCUT2D eigenvalue weighted by atomic mass is 19.1. The molecule has 85 heavy (non-hydrogen) atoms. The Labute approximate surface area is 493 Å². The van der Waals surface area contributed by atoms with Gasteiger partial charge in [0.15, 0.2) is 0 Å². The molecule has 0 aliphatic carbocycles. The number of Topliss-reactive ketones (excluding diaryl/α,β-unsaturated/α-hetero) is 1. The normalized spacial score (nSPS) is 14.8. The average molecular weight is 1150 g/mol. The molecule has 1 aliphatic rings. The van der Waals surface area contributed by atoms with E-state index in [0.717, 1.165) is 45.4 Å². The van der Waals surface area contributed by atoms with E-state index in [-0.39, 0.29) is 54.3 Å². The maximum absolute atomic E-state index is 14.0. The third kappa shape index (κ3) is 16.3. The van der Waals surface area contributed by atoms with Gasteiger partial charge in [-0.2, -0.15) is 0 Å². The van der Waals surface area contributed by atoms with E-state index in [2.05, 4.69) is 39.0 Å². The van der Waals surface area contributed by atoms with E-state index in [1.54, 1.807) is 49.6 Å². The van der Waals surface area contributed by atoms with E-state index in [4.69, 9.17) is 34.4 Å². The Morgan fingerprint density at radius 2 is 1.07 bits per heavy atom. The number of nitrogens with zero attached hydrogens (tertiary/aromatic N) is 8. The third-order valence-electron chi connectivity index (χ3n) is 14.2. The number of imidazole rings is 2. The van der Waals surface area contributed by atoms with Crippen molar-refractivity contribution in [3.8, 4) is 45.3 Å². The van der Waals surface area contributed by atoms with Crippen molar-refractivity contribution in [2.75, 3.05) is 10.6 Å². The lowest BCUT2D eigenvalue weighted by atomic mass is 9.76. The number of benzene rings is 5. The maximum Gasteiger partial charge on any atom is 0.494 e. The minimum Gasteiger partial charge on any atom is -0.481 e. The molecular weight excluding hydrogens is 1080 g/mol. The molecule has 17 nitrogen and oxygen atoms in total. The monoisotopic (exact) mass is 1150 g/mol. The zero-order valence-electron chi connectivity index (χ0n) is 48.1. The van der Waals surface area contributed by atoms with Crippen molar-refractivity contribution in [3.63, 3.8) is 0 Å². The fourth-order valence-corrected chi connectivity index (χ4v) is 10.3. The van der Waals surface area contributed by atoms with Crippen molar-refractivity contribution in [3.05, 3.63) is 187 Å². The number of hydrogen-bond donors (Lipinski definition) is 5. The van der Waals surface area contributed by atoms with Crippen LogP contribution in [0.2, 0.25) is 0 Å². The smallest absolute Gasteiger partial charge is 0.481 e. The quantitative estimate of drug-likeness (QED) is 0.0376. The van der Waals surface area contributed by atoms with Crippen LogP contribution < -0.4 is 16.1 Å². The van der Waals surface area contributed by atoms with Crippen molar-refractivity contribution < 1.29 is 43.0 Å². The first-order valence-electron chi connectivity index (χ1n) is 28.5. The molecular formula is C65H69BF2N10O7. The first kappa shape index (κ1) is 60.8. The zero-order valence-corrected chi connectivity index (χ0v) is 48.1. The van der Waals surface area contributed by atoms with E-state index in [1.807, 2.05) is 115 Å². The van der Waals surface area contributed by atoms with E-state index in [0.29, 0.717) is 72.6 Å². The minimum atomic E-state index is -1.15. The largest absolute Gasteiger partial charge is 0.494 e. The van der Waals surface area contributed by atoms with Gasteiger partial charge in [0.05, 0.1) is 58.9 Å². The van der Waals surface area contributed by atoms with Gasteiger partial charge in [-0.05, 0) is 123 Å². The second kappa shape index (κ2) is 28.6. The molecule has 0 saturated carbocycles. The number of aliphatic carboxylic acids is 1. The second-order valence-electron chi connectivity index (χ2n) is 21.6. The van der Waals surface area contributed by atoms with Gasteiger partial charge in [0, 0.05) is 72.3 Å². The predicted molar refractivity (Wildman–Crippen MR) is 325 cm³/mol. The van der Waals surface area contributed by atoms with E-state index in [9.17, 15) is 28.6 Å². The van der Waals surface area contributed by atoms with Gasteiger partial charge < -0.3 is 44.4 Å². The summed E-state index contributed by atoms with van der Waals surface area (Å²) in [5.41, 5.74) is 8.24. The number of aromatic nitrogens is 8. The van der Waals surface area contributed by atoms with Gasteiger partial charge in [-0.25, -0.2) is 38.7 Å². The molecule has 0 radical (unpaired) electrons. The van der Waals surface area contributed by atoms with Crippen molar-refractivity contribution in [2.45, 2.75) is 122 Å². The summed E-state index contributed by atoms with van der Waals surface area (Å²) >= 11 is 0. The number of para-hydroxylation sites is 2. The number of carboxylic acids is 1. The first-order chi connectivity index (χ1) is 41.0. The van der Waals surface area contributed by atoms with Crippen LogP contribution in [0.1, 0.15) is 96.6 Å². The van der Waals surface area contributed by atoms with Gasteiger partial charge in [-0.3, -0.25) is 9.59 Å². The number of rotatable bonds is 23. The van der Waals surface area contributed by atoms with Gasteiger partial charge in [0.25, 0.3) is 0 Å². The van der Waals surface area contributed by atoms with Gasteiger partial charge in [0.1, 0.15) is 29.1 Å². The summed E-state index contributed by atoms with van der Waals surface area (Å²) in [6.07, 6.45) is 2.27. The highest BCUT2D eigenvalue weighted by Crippen LogP contribution is 2.38. The molecule has 1 saturated heterocycles. The summed E-state index contributed by atoms with van der Waals surface area (Å²) in [7, 11) is -0.556. The number of ketones is 1. The maximum atomic E-state index is 14.0. The molecule has 4 aromatic heterocycles. The van der Waals surface area contributed by atoms with Crippen molar-refractivity contribution in [1.29, 1.82) is 0 Å². The first-order valence-corrected chi connectivity index (χ1v) is 28.5. The summed E-state index contributed by atoms with van der Waals surface area (Å²) in [5, 5.41) is 36.0. The van der Waals surface area contributed by atoms with Gasteiger partial charge in [0.2, 0.25) is 11.9 Å². The van der Waals surface area contributed by atoms with Crippen LogP contribution in [-0.2, 0) is 32.0 Å². The molecule has 0 unspecified atom stereocenters. The molecule has 1 fully saturated rings. The van der Waals surface area contributed by atoms with Crippen molar-refractivity contribution >= 4 is 47.6 Å². The summed E-state index contributed by atoms with van der Waals surface area (Å²) in [5.74, 6) is 0.878. The number of aliphatic hydroxyl groups is 2. The van der Waals surface area contributed by atoms with Crippen LogP contribution in [0, 0.1) is 11.6 Å². The molecule has 10 rings (SSSR count). The molecule has 0 bridgehead atoms. The number of hydrogen-bond acceptors (Lipinski definition) is 14. The zero-order chi connectivity index (χ0) is 60.0. The summed E-state index contributed by atoms with van der Waals surface area (Å²) < 4.78 is 44.7. The molecule has 438 valence electrons. The van der Waals surface area contributed by atoms with Crippen molar-refractivity contribution in [2.24, 2.45) is 0 Å². The fraction of sp³-hybridized carbons (Fsp3) is 0.292. The molecule has 5 heterocycles. The van der Waals surface area contributed by atoms with Gasteiger partial charge in [-0.15, -0.1) is 0 Å². The Balaban J connectivity index is 0.000000207. The predicted octanol–water partition coefficient (Wildman–Crippen LogP) is 11.9. The number of anilines is 4. The summed E-state index contributed by atoms with van der Waals surface area (Å²) in [6.45, 7) is 10.7. The highest BCUT2D eigenvalue weighted by molar-refractivity contribution is 6.61. The van der Waals surface area contributed by atoms with E-state index >= 15 is 0 Å². The number of aliphatic hydroxyl groups excluding tert-OH is 2.